The number of ether oxygens (including phenoxy) is 2. The van der Waals surface area contributed by atoms with E-state index < -0.39 is 18.0 Å². The van der Waals surface area contributed by atoms with Crippen molar-refractivity contribution in [3.63, 3.8) is 0 Å². The molecule has 200 valence electrons. The van der Waals surface area contributed by atoms with Crippen molar-refractivity contribution in [1.29, 1.82) is 0 Å². The molecule has 1 atom stereocenters. The van der Waals surface area contributed by atoms with Crippen LogP contribution in [0.25, 0.3) is 21.9 Å². The number of aromatic nitrogens is 1. The molecule has 1 amide bonds. The van der Waals surface area contributed by atoms with E-state index in [1.165, 1.54) is 18.5 Å². The molecule has 1 aromatic heterocycles. The first-order valence-corrected chi connectivity index (χ1v) is 12.9. The summed E-state index contributed by atoms with van der Waals surface area (Å²) in [5, 5.41) is 3.88. The molecule has 7 heteroatoms. The van der Waals surface area contributed by atoms with Crippen molar-refractivity contribution in [3.8, 4) is 22.6 Å². The lowest BCUT2D eigenvalue weighted by Gasteiger charge is -2.19. The fourth-order valence-electron chi connectivity index (χ4n) is 4.46. The van der Waals surface area contributed by atoms with Crippen molar-refractivity contribution in [2.75, 3.05) is 5.32 Å². The Balaban J connectivity index is 1.37. The second kappa shape index (κ2) is 11.3. The maximum atomic E-state index is 13.5. The number of amides is 1. The molecule has 0 aliphatic carbocycles. The highest BCUT2D eigenvalue weighted by Gasteiger charge is 2.26. The highest BCUT2D eigenvalue weighted by atomic mass is 16.5. The van der Waals surface area contributed by atoms with Gasteiger partial charge in [-0.3, -0.25) is 9.59 Å². The third-order valence-electron chi connectivity index (χ3n) is 6.59. The molecule has 40 heavy (non-hydrogen) atoms. The summed E-state index contributed by atoms with van der Waals surface area (Å²) >= 11 is 0. The van der Waals surface area contributed by atoms with Gasteiger partial charge in [-0.05, 0) is 67.3 Å². The fourth-order valence-corrected chi connectivity index (χ4v) is 4.46. The number of fused-ring (bicyclic) bond motifs is 1. The van der Waals surface area contributed by atoms with Crippen molar-refractivity contribution in [3.05, 3.63) is 125 Å². The Bertz CT molecular complexity index is 1740. The van der Waals surface area contributed by atoms with Gasteiger partial charge in [0, 0.05) is 23.7 Å². The molecule has 4 aromatic carbocycles. The molecule has 5 rings (SSSR count). The van der Waals surface area contributed by atoms with E-state index in [0.717, 1.165) is 11.1 Å². The molecule has 0 radical (unpaired) electrons. The van der Waals surface area contributed by atoms with E-state index in [1.807, 2.05) is 73.7 Å². The number of rotatable bonds is 7. The van der Waals surface area contributed by atoms with Crippen LogP contribution in [0.4, 0.5) is 5.69 Å². The molecule has 7 nitrogen and oxygen atoms in total. The predicted molar refractivity (Wildman–Crippen MR) is 156 cm³/mol. The lowest BCUT2D eigenvalue weighted by molar-refractivity contribution is -0.123. The van der Waals surface area contributed by atoms with Crippen LogP contribution < -0.4 is 15.6 Å². The Morgan fingerprint density at radius 3 is 2.05 bits per heavy atom. The van der Waals surface area contributed by atoms with Crippen molar-refractivity contribution in [2.24, 2.45) is 7.05 Å². The molecule has 0 saturated carbocycles. The Hall–Kier alpha value is -5.17. The molecule has 0 spiro atoms. The first kappa shape index (κ1) is 26.4. The van der Waals surface area contributed by atoms with Gasteiger partial charge in [0.15, 0.2) is 6.10 Å². The molecule has 0 aliphatic rings. The molecular weight excluding hydrogens is 504 g/mol. The number of benzene rings is 4. The van der Waals surface area contributed by atoms with Crippen LogP contribution in [0, 0.1) is 6.92 Å². The molecule has 1 heterocycles. The quantitative estimate of drug-likeness (QED) is 0.242. The van der Waals surface area contributed by atoms with Crippen molar-refractivity contribution in [2.45, 2.75) is 20.0 Å². The van der Waals surface area contributed by atoms with Crippen LogP contribution in [0.15, 0.2) is 108 Å². The average molecular weight is 533 g/mol. The molecule has 0 fully saturated rings. The van der Waals surface area contributed by atoms with Crippen LogP contribution in [-0.4, -0.2) is 22.5 Å². The van der Waals surface area contributed by atoms with E-state index in [2.05, 4.69) is 5.32 Å². The molecule has 0 saturated heterocycles. The van der Waals surface area contributed by atoms with Gasteiger partial charge in [-0.1, -0.05) is 66.2 Å². The predicted octanol–water partition coefficient (Wildman–Crippen LogP) is 6.49. The van der Waals surface area contributed by atoms with Crippen LogP contribution in [0.2, 0.25) is 0 Å². The molecule has 0 aliphatic heterocycles. The normalized spacial score (nSPS) is 11.6. The highest BCUT2D eigenvalue weighted by Crippen LogP contribution is 2.31. The van der Waals surface area contributed by atoms with Gasteiger partial charge in [-0.25, -0.2) is 4.79 Å². The summed E-state index contributed by atoms with van der Waals surface area (Å²) in [6.07, 6.45) is -1.12. The van der Waals surface area contributed by atoms with Gasteiger partial charge in [-0.15, -0.1) is 0 Å². The molecule has 1 N–H and O–H groups in total. The van der Waals surface area contributed by atoms with Crippen LogP contribution in [0.1, 0.15) is 23.0 Å². The monoisotopic (exact) mass is 532 g/mol. The number of para-hydroxylation sites is 1. The minimum absolute atomic E-state index is 0.0783. The van der Waals surface area contributed by atoms with Crippen LogP contribution in [0.3, 0.4) is 0 Å². The van der Waals surface area contributed by atoms with Gasteiger partial charge in [0.2, 0.25) is 0 Å². The van der Waals surface area contributed by atoms with Crippen LogP contribution >= 0.6 is 0 Å². The maximum Gasteiger partial charge on any atom is 0.356 e. The number of carbonyl (C=O) groups is 2. The zero-order chi connectivity index (χ0) is 28.2. The molecule has 0 bridgehead atoms. The lowest BCUT2D eigenvalue weighted by Crippen LogP contribution is -2.32. The zero-order valence-electron chi connectivity index (χ0n) is 22.4. The summed E-state index contributed by atoms with van der Waals surface area (Å²) in [7, 11) is 1.53. The SMILES string of the molecule is Cc1ccc(-c2c(C(=O)OC(C)C(=O)Nc3ccc(Oc4ccccc4)cc3)n(C)c(=O)c3ccccc23)cc1. The Kier molecular flexibility index (Phi) is 7.46. The summed E-state index contributed by atoms with van der Waals surface area (Å²) in [4.78, 5) is 39.6. The number of hydrogen-bond acceptors (Lipinski definition) is 5. The largest absolute Gasteiger partial charge is 0.457 e. The van der Waals surface area contributed by atoms with Crippen LogP contribution in [-0.2, 0) is 16.6 Å². The average Bonchev–Trinajstić information content (AvgIpc) is 2.97. The summed E-state index contributed by atoms with van der Waals surface area (Å²) in [5.41, 5.74) is 2.67. The number of anilines is 1. The zero-order valence-corrected chi connectivity index (χ0v) is 22.4. The minimum Gasteiger partial charge on any atom is -0.457 e. The Labute approximate surface area is 231 Å². The van der Waals surface area contributed by atoms with Gasteiger partial charge >= 0.3 is 5.97 Å². The van der Waals surface area contributed by atoms with Crippen molar-refractivity contribution >= 4 is 28.3 Å². The number of nitrogens with zero attached hydrogens (tertiary/aromatic N) is 1. The first-order valence-electron chi connectivity index (χ1n) is 12.9. The number of pyridine rings is 1. The van der Waals surface area contributed by atoms with E-state index in [0.29, 0.717) is 33.5 Å². The molecule has 1 unspecified atom stereocenters. The van der Waals surface area contributed by atoms with Crippen molar-refractivity contribution < 1.29 is 19.1 Å². The van der Waals surface area contributed by atoms with Crippen molar-refractivity contribution in [1.82, 2.24) is 4.57 Å². The first-order chi connectivity index (χ1) is 19.3. The fraction of sp³-hybridized carbons (Fsp3) is 0.121. The van der Waals surface area contributed by atoms with Gasteiger partial charge in [-0.2, -0.15) is 0 Å². The minimum atomic E-state index is -1.12. The van der Waals surface area contributed by atoms with Gasteiger partial charge in [0.25, 0.3) is 11.5 Å². The highest BCUT2D eigenvalue weighted by molar-refractivity contribution is 6.07. The van der Waals surface area contributed by atoms with E-state index in [-0.39, 0.29) is 11.3 Å². The second-order valence-electron chi connectivity index (χ2n) is 9.48. The van der Waals surface area contributed by atoms with Gasteiger partial charge < -0.3 is 19.4 Å². The van der Waals surface area contributed by atoms with E-state index in [9.17, 15) is 14.4 Å². The number of nitrogens with one attached hydrogen (secondary N) is 1. The molecular formula is C33H28N2O5. The van der Waals surface area contributed by atoms with Gasteiger partial charge in [0.1, 0.15) is 17.2 Å². The summed E-state index contributed by atoms with van der Waals surface area (Å²) in [6, 6.07) is 31.1. The summed E-state index contributed by atoms with van der Waals surface area (Å²) < 4.78 is 12.7. The summed E-state index contributed by atoms with van der Waals surface area (Å²) in [5.74, 6) is 0.0420. The van der Waals surface area contributed by atoms with E-state index >= 15 is 0 Å². The topological polar surface area (TPSA) is 86.6 Å². The summed E-state index contributed by atoms with van der Waals surface area (Å²) in [6.45, 7) is 3.47. The molecule has 5 aromatic rings. The number of carbonyl (C=O) groups excluding carboxylic acids is 2. The third-order valence-corrected chi connectivity index (χ3v) is 6.59. The number of esters is 1. The Morgan fingerprint density at radius 1 is 0.775 bits per heavy atom. The van der Waals surface area contributed by atoms with E-state index in [1.54, 1.807) is 36.4 Å². The smallest absolute Gasteiger partial charge is 0.356 e. The van der Waals surface area contributed by atoms with Gasteiger partial charge in [0.05, 0.1) is 0 Å². The lowest BCUT2D eigenvalue weighted by atomic mass is 9.96. The maximum absolute atomic E-state index is 13.5. The standard InChI is InChI=1S/C33H28N2O5/c1-21-13-15-23(16-14-21)29-27-11-7-8-12-28(27)32(37)35(3)30(29)33(38)39-22(2)31(36)34-24-17-19-26(20-18-24)40-25-9-5-4-6-10-25/h4-20,22H,1-3H3,(H,34,36). The Morgan fingerprint density at radius 2 is 1.38 bits per heavy atom. The third kappa shape index (κ3) is 5.49. The van der Waals surface area contributed by atoms with E-state index in [4.69, 9.17) is 9.47 Å². The number of aryl methyl sites for hydroxylation is 1. The number of hydrogen-bond donors (Lipinski definition) is 1. The van der Waals surface area contributed by atoms with Crippen LogP contribution in [0.5, 0.6) is 11.5 Å². The second-order valence-corrected chi connectivity index (χ2v) is 9.48.